The van der Waals surface area contributed by atoms with Gasteiger partial charge in [-0.1, -0.05) is 24.3 Å². The van der Waals surface area contributed by atoms with Crippen molar-refractivity contribution in [3.63, 3.8) is 0 Å². The highest BCUT2D eigenvalue weighted by atomic mass is 16.3. The van der Waals surface area contributed by atoms with Crippen LogP contribution in [0.3, 0.4) is 0 Å². The van der Waals surface area contributed by atoms with Crippen molar-refractivity contribution >= 4 is 16.9 Å². The van der Waals surface area contributed by atoms with Gasteiger partial charge in [0.05, 0.1) is 6.61 Å². The zero-order chi connectivity index (χ0) is 17.8. The molecule has 1 aromatic heterocycles. The number of carbonyl (C=O) groups is 1. The van der Waals surface area contributed by atoms with Crippen molar-refractivity contribution in [3.05, 3.63) is 59.7 Å². The highest BCUT2D eigenvalue weighted by molar-refractivity contribution is 5.94. The molecule has 5 nitrogen and oxygen atoms in total. The Kier molecular flexibility index (Phi) is 5.16. The molecule has 0 atom stereocenters. The number of amides is 1. The number of aliphatic hydroxyl groups excluding tert-OH is 1. The summed E-state index contributed by atoms with van der Waals surface area (Å²) >= 11 is 0. The summed E-state index contributed by atoms with van der Waals surface area (Å²) in [6, 6.07) is 15.5. The van der Waals surface area contributed by atoms with E-state index in [1.165, 1.54) is 0 Å². The first-order valence-corrected chi connectivity index (χ1v) is 8.24. The van der Waals surface area contributed by atoms with Crippen LogP contribution in [0.25, 0.3) is 22.3 Å². The summed E-state index contributed by atoms with van der Waals surface area (Å²) in [5.74, 6) is 0.760. The molecule has 3 aromatic rings. The first kappa shape index (κ1) is 17.2. The quantitative estimate of drug-likeness (QED) is 0.678. The minimum Gasteiger partial charge on any atom is -0.456 e. The first-order valence-electron chi connectivity index (χ1n) is 8.24. The van der Waals surface area contributed by atoms with E-state index in [9.17, 15) is 4.79 Å². The molecule has 2 N–H and O–H groups in total. The van der Waals surface area contributed by atoms with E-state index in [0.29, 0.717) is 18.7 Å². The molecule has 25 heavy (non-hydrogen) atoms. The number of benzene rings is 2. The molecule has 0 aliphatic heterocycles. The van der Waals surface area contributed by atoms with Gasteiger partial charge in [-0.05, 0) is 29.8 Å². The number of furan rings is 1. The van der Waals surface area contributed by atoms with Gasteiger partial charge in [-0.25, -0.2) is 0 Å². The third-order valence-electron chi connectivity index (χ3n) is 4.02. The molecule has 2 aromatic carbocycles. The maximum Gasteiger partial charge on any atom is 0.253 e. The van der Waals surface area contributed by atoms with Gasteiger partial charge >= 0.3 is 0 Å². The standard InChI is InChI=1S/C20H22N2O3/c1-22(2)20(24)16-7-5-15(6-8-16)19-12-17-4-3-14(11-18(17)25-19)13-21-9-10-23/h3-8,11-12,21,23H,9-10,13H2,1-2H3. The molecule has 0 fully saturated rings. The van der Waals surface area contributed by atoms with E-state index in [0.717, 1.165) is 27.9 Å². The van der Waals surface area contributed by atoms with Crippen LogP contribution in [-0.2, 0) is 6.54 Å². The first-order chi connectivity index (χ1) is 12.1. The summed E-state index contributed by atoms with van der Waals surface area (Å²) < 4.78 is 5.98. The molecule has 0 aliphatic carbocycles. The molecule has 0 unspecified atom stereocenters. The maximum atomic E-state index is 12.0. The van der Waals surface area contributed by atoms with Gasteiger partial charge in [0.25, 0.3) is 5.91 Å². The van der Waals surface area contributed by atoms with Crippen molar-refractivity contribution in [1.29, 1.82) is 0 Å². The van der Waals surface area contributed by atoms with E-state index in [1.54, 1.807) is 19.0 Å². The van der Waals surface area contributed by atoms with E-state index >= 15 is 0 Å². The molecule has 3 rings (SSSR count). The normalized spacial score (nSPS) is 11.0. The van der Waals surface area contributed by atoms with E-state index in [-0.39, 0.29) is 12.5 Å². The van der Waals surface area contributed by atoms with Crippen LogP contribution < -0.4 is 5.32 Å². The van der Waals surface area contributed by atoms with Crippen LogP contribution in [0.1, 0.15) is 15.9 Å². The highest BCUT2D eigenvalue weighted by Gasteiger charge is 2.10. The number of hydrogen-bond acceptors (Lipinski definition) is 4. The van der Waals surface area contributed by atoms with Crippen LogP contribution in [0.15, 0.2) is 52.9 Å². The van der Waals surface area contributed by atoms with Crippen molar-refractivity contribution in [2.75, 3.05) is 27.2 Å². The van der Waals surface area contributed by atoms with Crippen molar-refractivity contribution < 1.29 is 14.3 Å². The van der Waals surface area contributed by atoms with Gasteiger partial charge in [0.15, 0.2) is 0 Å². The third kappa shape index (κ3) is 3.90. The van der Waals surface area contributed by atoms with Crippen molar-refractivity contribution in [2.24, 2.45) is 0 Å². The number of nitrogens with zero attached hydrogens (tertiary/aromatic N) is 1. The lowest BCUT2D eigenvalue weighted by Gasteiger charge is -2.10. The number of carbonyl (C=O) groups excluding carboxylic acids is 1. The number of fused-ring (bicyclic) bond motifs is 1. The van der Waals surface area contributed by atoms with Crippen molar-refractivity contribution in [2.45, 2.75) is 6.54 Å². The molecule has 0 aliphatic rings. The van der Waals surface area contributed by atoms with Gasteiger partial charge in [-0.2, -0.15) is 0 Å². The second kappa shape index (κ2) is 7.51. The Labute approximate surface area is 146 Å². The topological polar surface area (TPSA) is 65.7 Å². The van der Waals surface area contributed by atoms with Crippen LogP contribution in [0, 0.1) is 0 Å². The number of aliphatic hydroxyl groups is 1. The number of rotatable bonds is 6. The number of nitrogens with one attached hydrogen (secondary N) is 1. The van der Waals surface area contributed by atoms with Gasteiger partial charge in [-0.3, -0.25) is 4.79 Å². The van der Waals surface area contributed by atoms with E-state index < -0.39 is 0 Å². The summed E-state index contributed by atoms with van der Waals surface area (Å²) in [6.45, 7) is 1.38. The van der Waals surface area contributed by atoms with Gasteiger partial charge in [0.2, 0.25) is 0 Å². The lowest BCUT2D eigenvalue weighted by atomic mass is 10.1. The van der Waals surface area contributed by atoms with Crippen LogP contribution in [0.2, 0.25) is 0 Å². The van der Waals surface area contributed by atoms with Crippen LogP contribution >= 0.6 is 0 Å². The summed E-state index contributed by atoms with van der Waals surface area (Å²) in [7, 11) is 3.48. The van der Waals surface area contributed by atoms with Crippen molar-refractivity contribution in [3.8, 4) is 11.3 Å². The fourth-order valence-corrected chi connectivity index (χ4v) is 2.67. The molecule has 130 valence electrons. The molecule has 0 spiro atoms. The molecule has 1 heterocycles. The van der Waals surface area contributed by atoms with E-state index in [4.69, 9.17) is 9.52 Å². The minimum atomic E-state index is -0.0174. The van der Waals surface area contributed by atoms with Gasteiger partial charge in [-0.15, -0.1) is 0 Å². The third-order valence-corrected chi connectivity index (χ3v) is 4.02. The van der Waals surface area contributed by atoms with E-state index in [1.807, 2.05) is 48.5 Å². The Balaban J connectivity index is 1.82. The lowest BCUT2D eigenvalue weighted by molar-refractivity contribution is 0.0827. The average Bonchev–Trinajstić information content (AvgIpc) is 3.04. The monoisotopic (exact) mass is 338 g/mol. The fraction of sp³-hybridized carbons (Fsp3) is 0.250. The molecule has 0 saturated carbocycles. The zero-order valence-corrected chi connectivity index (χ0v) is 14.5. The van der Waals surface area contributed by atoms with Crippen molar-refractivity contribution in [1.82, 2.24) is 10.2 Å². The molecule has 0 saturated heterocycles. The lowest BCUT2D eigenvalue weighted by Crippen LogP contribution is -2.21. The summed E-state index contributed by atoms with van der Waals surface area (Å²) in [5, 5.41) is 13.0. The summed E-state index contributed by atoms with van der Waals surface area (Å²) in [6.07, 6.45) is 0. The molecule has 5 heteroatoms. The van der Waals surface area contributed by atoms with Gasteiger partial charge < -0.3 is 19.7 Å². The molecule has 0 bridgehead atoms. The van der Waals surface area contributed by atoms with Crippen LogP contribution in [0.5, 0.6) is 0 Å². The fourth-order valence-electron chi connectivity index (χ4n) is 2.67. The Morgan fingerprint density at radius 2 is 1.88 bits per heavy atom. The zero-order valence-electron chi connectivity index (χ0n) is 14.5. The minimum absolute atomic E-state index is 0.0174. The summed E-state index contributed by atoms with van der Waals surface area (Å²) in [5.41, 5.74) is 3.52. The highest BCUT2D eigenvalue weighted by Crippen LogP contribution is 2.28. The molecular formula is C20H22N2O3. The predicted octanol–water partition coefficient (Wildman–Crippen LogP) is 2.88. The second-order valence-electron chi connectivity index (χ2n) is 6.16. The molecule has 1 amide bonds. The summed E-state index contributed by atoms with van der Waals surface area (Å²) in [4.78, 5) is 13.5. The predicted molar refractivity (Wildman–Crippen MR) is 98.5 cm³/mol. The maximum absolute atomic E-state index is 12.0. The molecular weight excluding hydrogens is 316 g/mol. The molecule has 0 radical (unpaired) electrons. The van der Waals surface area contributed by atoms with E-state index in [2.05, 4.69) is 5.32 Å². The Bertz CT molecular complexity index is 866. The largest absolute Gasteiger partial charge is 0.456 e. The van der Waals surface area contributed by atoms with Gasteiger partial charge in [0.1, 0.15) is 11.3 Å². The van der Waals surface area contributed by atoms with Crippen LogP contribution in [-0.4, -0.2) is 43.2 Å². The Morgan fingerprint density at radius 3 is 2.56 bits per heavy atom. The SMILES string of the molecule is CN(C)C(=O)c1ccc(-c2cc3ccc(CNCCO)cc3o2)cc1. The van der Waals surface area contributed by atoms with Gasteiger partial charge in [0, 0.05) is 43.7 Å². The number of hydrogen-bond donors (Lipinski definition) is 2. The average molecular weight is 338 g/mol. The van der Waals surface area contributed by atoms with Crippen LogP contribution in [0.4, 0.5) is 0 Å². The smallest absolute Gasteiger partial charge is 0.253 e. The Hall–Kier alpha value is -2.63. The second-order valence-corrected chi connectivity index (χ2v) is 6.16. The Morgan fingerprint density at radius 1 is 1.12 bits per heavy atom.